The summed E-state index contributed by atoms with van der Waals surface area (Å²) >= 11 is 3.66. The van der Waals surface area contributed by atoms with E-state index in [9.17, 15) is 0 Å². The summed E-state index contributed by atoms with van der Waals surface area (Å²) in [6.45, 7) is 6.62. The highest BCUT2D eigenvalue weighted by atomic mass is 32.1. The zero-order chi connectivity index (χ0) is 3.58. The van der Waals surface area contributed by atoms with Crippen LogP contribution in [-0.2, 0) is 0 Å². The van der Waals surface area contributed by atoms with Crippen LogP contribution in [0.15, 0.2) is 11.5 Å². The van der Waals surface area contributed by atoms with E-state index in [0.717, 1.165) is 0 Å². The maximum Gasteiger partial charge on any atom is 0.149 e. The van der Waals surface area contributed by atoms with E-state index in [1.165, 1.54) is 0 Å². The van der Waals surface area contributed by atoms with Crippen LogP contribution in [0.2, 0.25) is 0 Å². The average molecular weight is 73.1 g/mol. The maximum absolute atomic E-state index is 3.66. The summed E-state index contributed by atoms with van der Waals surface area (Å²) in [6.07, 6.45) is 0. The molecule has 1 heteroatoms. The first-order chi connectivity index (χ1) is 1.73. The first-order valence-corrected chi connectivity index (χ1v) is 1.38. The van der Waals surface area contributed by atoms with Gasteiger partial charge in [0.05, 0.1) is 0 Å². The topological polar surface area (TPSA) is 0 Å². The third kappa shape index (κ3) is 1130. The lowest BCUT2D eigenvalue weighted by Crippen LogP contribution is -1.36. The summed E-state index contributed by atoms with van der Waals surface area (Å²) in [4.78, 5) is 0.611. The Labute approximate surface area is 31.9 Å². The third-order valence-electron chi connectivity index (χ3n) is 0. The normalized spacial score (nSPS) is 6.25. The quantitative estimate of drug-likeness (QED) is 0.324. The molecule has 0 nitrogen and oxygen atoms in total. The van der Waals surface area contributed by atoms with E-state index in [1.54, 1.807) is 0 Å². The van der Waals surface area contributed by atoms with E-state index in [2.05, 4.69) is 26.1 Å². The Hall–Kier alpha value is -0.0400. The smallest absolute Gasteiger partial charge is 0.101 e. The zero-order valence-corrected chi connectivity index (χ0v) is 3.26. The van der Waals surface area contributed by atoms with E-state index in [-0.39, 0.29) is 0 Å². The molecule has 0 atom stereocenters. The van der Waals surface area contributed by atoms with Gasteiger partial charge in [0, 0.05) is 13.5 Å². The van der Waals surface area contributed by atoms with Crippen molar-refractivity contribution in [2.24, 2.45) is 0 Å². The molecule has 0 aliphatic rings. The lowest BCUT2D eigenvalue weighted by atomic mass is 10.8. The van der Waals surface area contributed by atoms with Crippen molar-refractivity contribution in [2.75, 3.05) is 0 Å². The first kappa shape index (κ1) is 3.96. The van der Waals surface area contributed by atoms with Crippen LogP contribution < -0.4 is 0 Å². The second-order valence-corrected chi connectivity index (χ2v) is 1.20. The van der Waals surface area contributed by atoms with E-state index >= 15 is 0 Å². The Morgan fingerprint density at radius 2 is 2.00 bits per heavy atom. The predicted molar refractivity (Wildman–Crippen MR) is 23.5 cm³/mol. The summed E-state index contributed by atoms with van der Waals surface area (Å²) in [7, 11) is 0. The molecule has 22 valence electrons. The van der Waals surface area contributed by atoms with Crippen LogP contribution in [0.3, 0.4) is 0 Å². The van der Waals surface area contributed by atoms with Crippen LogP contribution >= 0.6 is 12.6 Å². The molecule has 0 aromatic carbocycles. The van der Waals surface area contributed by atoms with Crippen molar-refractivity contribution in [3.63, 3.8) is 0 Å². The summed E-state index contributed by atoms with van der Waals surface area (Å²) in [5, 5.41) is 0. The molecule has 0 radical (unpaired) electrons. The summed E-state index contributed by atoms with van der Waals surface area (Å²) in [5.41, 5.74) is 0. The number of hydrogen-bond acceptors (Lipinski definition) is 1. The molecule has 0 heterocycles. The van der Waals surface area contributed by atoms with Gasteiger partial charge < -0.3 is 0 Å². The predicted octanol–water partition coefficient (Wildman–Crippen LogP) is 1.26. The molecule has 0 saturated heterocycles. The molecule has 0 aromatic rings. The van der Waals surface area contributed by atoms with Crippen LogP contribution in [0.5, 0.6) is 0 Å². The first-order valence-electron chi connectivity index (χ1n) is 0.931. The molecule has 0 amide bonds. The Balaban J connectivity index is 2.80. The molecule has 0 aromatic heterocycles. The molecule has 0 rings (SSSR count). The Morgan fingerprint density at radius 1 is 2.00 bits per heavy atom. The van der Waals surface area contributed by atoms with Crippen molar-refractivity contribution in [1.29, 1.82) is 0 Å². The maximum atomic E-state index is 3.66. The monoisotopic (exact) mass is 73.0 g/mol. The van der Waals surface area contributed by atoms with Crippen LogP contribution in [0, 0.1) is 6.92 Å². The van der Waals surface area contributed by atoms with Gasteiger partial charge in [0.2, 0.25) is 0 Å². The van der Waals surface area contributed by atoms with Crippen LogP contribution in [0.4, 0.5) is 0 Å². The highest BCUT2D eigenvalue weighted by molar-refractivity contribution is 7.84. The molecule has 0 N–H and O–H groups in total. The highest BCUT2D eigenvalue weighted by Gasteiger charge is 1.65. The van der Waals surface area contributed by atoms with Gasteiger partial charge in [-0.1, -0.05) is 0 Å². The minimum absolute atomic E-state index is 0.611. The van der Waals surface area contributed by atoms with Crippen molar-refractivity contribution in [1.82, 2.24) is 0 Å². The van der Waals surface area contributed by atoms with Crippen molar-refractivity contribution in [3.05, 3.63) is 18.4 Å². The van der Waals surface area contributed by atoms with E-state index in [1.807, 2.05) is 0 Å². The largest absolute Gasteiger partial charge is 0.149 e. The average Bonchev–Trinajstić information content (AvgIpc) is 0.811. The lowest BCUT2D eigenvalue weighted by Gasteiger charge is -1.52. The van der Waals surface area contributed by atoms with E-state index < -0.39 is 0 Å². The molecule has 0 bridgehead atoms. The molecule has 0 saturated carbocycles. The third-order valence-corrected chi connectivity index (χ3v) is 0. The Bertz CT molecular complexity index is 26.3. The number of rotatable bonds is 0. The van der Waals surface area contributed by atoms with Crippen LogP contribution in [0.1, 0.15) is 0 Å². The molecule has 0 unspecified atom stereocenters. The van der Waals surface area contributed by atoms with Crippen molar-refractivity contribution < 1.29 is 0 Å². The van der Waals surface area contributed by atoms with Crippen LogP contribution in [-0.4, -0.2) is 0 Å². The highest BCUT2D eigenvalue weighted by Crippen LogP contribution is 1.85. The SMILES string of the molecule is C=C([CH2+])S. The fourth-order valence-corrected chi connectivity index (χ4v) is 0. The minimum Gasteiger partial charge on any atom is -0.101 e. The second-order valence-electron chi connectivity index (χ2n) is 0.566. The fraction of sp³-hybridized carbons (Fsp3) is 0. The summed E-state index contributed by atoms with van der Waals surface area (Å²) < 4.78 is 0. The van der Waals surface area contributed by atoms with Gasteiger partial charge in [0.15, 0.2) is 0 Å². The molecule has 0 aliphatic heterocycles. The molecular formula is C3H5S+. The van der Waals surface area contributed by atoms with Crippen molar-refractivity contribution in [3.8, 4) is 0 Å². The zero-order valence-electron chi connectivity index (χ0n) is 2.36. The molecule has 0 aliphatic carbocycles. The van der Waals surface area contributed by atoms with Gasteiger partial charge >= 0.3 is 0 Å². The van der Waals surface area contributed by atoms with Crippen molar-refractivity contribution in [2.45, 2.75) is 0 Å². The van der Waals surface area contributed by atoms with Crippen molar-refractivity contribution >= 4 is 12.6 Å². The van der Waals surface area contributed by atoms with Gasteiger partial charge in [-0.3, -0.25) is 0 Å². The Morgan fingerprint density at radius 3 is 2.00 bits per heavy atom. The van der Waals surface area contributed by atoms with Gasteiger partial charge in [-0.05, 0) is 0 Å². The number of thiol groups is 1. The van der Waals surface area contributed by atoms with Gasteiger partial charge in [0.1, 0.15) is 4.91 Å². The summed E-state index contributed by atoms with van der Waals surface area (Å²) in [5.74, 6) is 0. The van der Waals surface area contributed by atoms with Crippen LogP contribution in [0.25, 0.3) is 0 Å². The fourth-order valence-electron chi connectivity index (χ4n) is 0. The standard InChI is InChI=1S/C3H4S/c1-3(2)4/h1-2H2/p+1. The van der Waals surface area contributed by atoms with Gasteiger partial charge in [-0.2, -0.15) is 0 Å². The lowest BCUT2D eigenvalue weighted by molar-refractivity contribution is 2.10. The Kier molecular flexibility index (Phi) is 1.28. The van der Waals surface area contributed by atoms with Gasteiger partial charge in [-0.15, -0.1) is 12.6 Å². The van der Waals surface area contributed by atoms with Gasteiger partial charge in [0.25, 0.3) is 0 Å². The molecule has 4 heavy (non-hydrogen) atoms. The summed E-state index contributed by atoms with van der Waals surface area (Å²) in [6, 6.07) is 0. The molecular weight excluding hydrogens is 68.1 g/mol. The second kappa shape index (κ2) is 1.30. The minimum atomic E-state index is 0.611. The van der Waals surface area contributed by atoms with Gasteiger partial charge in [-0.25, -0.2) is 0 Å². The molecule has 0 fully saturated rings. The number of hydrogen-bond donors (Lipinski definition) is 1. The van der Waals surface area contributed by atoms with E-state index in [0.29, 0.717) is 4.91 Å². The number of allylic oxidation sites excluding steroid dienone is 1. The van der Waals surface area contributed by atoms with E-state index in [4.69, 9.17) is 0 Å². The molecule has 0 spiro atoms.